The fourth-order valence-electron chi connectivity index (χ4n) is 4.47. The number of thiophene rings is 1. The van der Waals surface area contributed by atoms with E-state index in [1.165, 1.54) is 0 Å². The van der Waals surface area contributed by atoms with Gasteiger partial charge in [-0.25, -0.2) is 4.79 Å². The summed E-state index contributed by atoms with van der Waals surface area (Å²) in [4.78, 5) is 31.5. The highest BCUT2D eigenvalue weighted by Gasteiger charge is 2.27. The standard InChI is InChI=1S/C29H34BrN3O5S/c1-36-26-11-10-21(16-27(26)37-2)12-13-32(19-25-9-5-15-39-25)28(34)20-33(18-24-8-4-14-38-24)29(35)31-23-7-3-6-22(30)17-23/h3,5-7,9-11,15-17,24H,4,8,12-14,18-20H2,1-2H3,(H,31,35). The molecule has 0 bridgehead atoms. The number of ether oxygens (including phenoxy) is 3. The number of nitrogens with one attached hydrogen (secondary N) is 1. The summed E-state index contributed by atoms with van der Waals surface area (Å²) >= 11 is 5.05. The lowest BCUT2D eigenvalue weighted by molar-refractivity contribution is -0.132. The molecule has 2 aromatic carbocycles. The zero-order chi connectivity index (χ0) is 27.6. The van der Waals surface area contributed by atoms with Crippen molar-refractivity contribution in [1.29, 1.82) is 0 Å². The van der Waals surface area contributed by atoms with Crippen molar-refractivity contribution >= 4 is 44.9 Å². The van der Waals surface area contributed by atoms with E-state index in [4.69, 9.17) is 14.2 Å². The van der Waals surface area contributed by atoms with Crippen molar-refractivity contribution in [2.75, 3.05) is 45.8 Å². The van der Waals surface area contributed by atoms with Gasteiger partial charge in [-0.3, -0.25) is 4.79 Å². The van der Waals surface area contributed by atoms with E-state index in [2.05, 4.69) is 21.2 Å². The number of hydrogen-bond acceptors (Lipinski definition) is 6. The van der Waals surface area contributed by atoms with E-state index in [1.54, 1.807) is 30.5 Å². The van der Waals surface area contributed by atoms with Gasteiger partial charge in [0.1, 0.15) is 6.54 Å². The second kappa shape index (κ2) is 14.3. The van der Waals surface area contributed by atoms with Gasteiger partial charge in [0.15, 0.2) is 11.5 Å². The van der Waals surface area contributed by atoms with Gasteiger partial charge in [-0.05, 0) is 66.6 Å². The van der Waals surface area contributed by atoms with Gasteiger partial charge >= 0.3 is 6.03 Å². The van der Waals surface area contributed by atoms with Gasteiger partial charge in [-0.2, -0.15) is 0 Å². The summed E-state index contributed by atoms with van der Waals surface area (Å²) in [7, 11) is 3.21. The van der Waals surface area contributed by atoms with Crippen molar-refractivity contribution in [3.63, 3.8) is 0 Å². The Morgan fingerprint density at radius 1 is 1.08 bits per heavy atom. The van der Waals surface area contributed by atoms with E-state index in [0.29, 0.717) is 49.8 Å². The minimum atomic E-state index is -0.326. The van der Waals surface area contributed by atoms with Crippen molar-refractivity contribution in [1.82, 2.24) is 9.80 Å². The number of methoxy groups -OCH3 is 2. The normalized spacial score (nSPS) is 14.6. The van der Waals surface area contributed by atoms with Crippen LogP contribution in [0, 0.1) is 0 Å². The lowest BCUT2D eigenvalue weighted by Gasteiger charge is -2.29. The third kappa shape index (κ3) is 8.45. The van der Waals surface area contributed by atoms with E-state index in [0.717, 1.165) is 27.8 Å². The van der Waals surface area contributed by atoms with Gasteiger partial charge in [0.05, 0.1) is 26.9 Å². The summed E-state index contributed by atoms with van der Waals surface area (Å²) in [6.45, 7) is 1.96. The van der Waals surface area contributed by atoms with Crippen LogP contribution in [-0.2, 0) is 22.5 Å². The van der Waals surface area contributed by atoms with Gasteiger partial charge in [0, 0.05) is 34.7 Å². The molecule has 1 fully saturated rings. The van der Waals surface area contributed by atoms with Crippen LogP contribution in [0.3, 0.4) is 0 Å². The third-order valence-corrected chi connectivity index (χ3v) is 7.89. The lowest BCUT2D eigenvalue weighted by Crippen LogP contribution is -2.47. The van der Waals surface area contributed by atoms with Crippen LogP contribution < -0.4 is 14.8 Å². The molecule has 10 heteroatoms. The van der Waals surface area contributed by atoms with Gasteiger partial charge in [0.2, 0.25) is 5.91 Å². The quantitative estimate of drug-likeness (QED) is 0.278. The van der Waals surface area contributed by atoms with Crippen LogP contribution in [0.1, 0.15) is 23.3 Å². The van der Waals surface area contributed by atoms with E-state index in [9.17, 15) is 9.59 Å². The second-order valence-electron chi connectivity index (χ2n) is 9.29. The average Bonchev–Trinajstić information content (AvgIpc) is 3.65. The van der Waals surface area contributed by atoms with E-state index >= 15 is 0 Å². The molecule has 208 valence electrons. The molecular weight excluding hydrogens is 582 g/mol. The average molecular weight is 617 g/mol. The molecule has 2 heterocycles. The molecule has 0 aliphatic carbocycles. The van der Waals surface area contributed by atoms with Crippen molar-refractivity contribution in [3.05, 3.63) is 74.9 Å². The Hall–Kier alpha value is -3.08. The Morgan fingerprint density at radius 2 is 1.92 bits per heavy atom. The smallest absolute Gasteiger partial charge is 0.322 e. The van der Waals surface area contributed by atoms with Gasteiger partial charge in [0.25, 0.3) is 0 Å². The Labute approximate surface area is 242 Å². The fraction of sp³-hybridized carbons (Fsp3) is 0.379. The maximum Gasteiger partial charge on any atom is 0.322 e. The van der Waals surface area contributed by atoms with Crippen molar-refractivity contribution in [3.8, 4) is 11.5 Å². The molecule has 39 heavy (non-hydrogen) atoms. The number of amides is 3. The first kappa shape index (κ1) is 28.9. The van der Waals surface area contributed by atoms with Crippen molar-refractivity contribution in [2.45, 2.75) is 31.9 Å². The van der Waals surface area contributed by atoms with Gasteiger partial charge in [-0.15, -0.1) is 11.3 Å². The molecule has 1 atom stereocenters. The molecule has 1 aliphatic heterocycles. The summed E-state index contributed by atoms with van der Waals surface area (Å²) in [5, 5.41) is 4.94. The summed E-state index contributed by atoms with van der Waals surface area (Å²) in [6, 6.07) is 16.8. The van der Waals surface area contributed by atoms with E-state index in [-0.39, 0.29) is 24.6 Å². The summed E-state index contributed by atoms with van der Waals surface area (Å²) in [5.41, 5.74) is 1.68. The van der Waals surface area contributed by atoms with Gasteiger partial charge in [-0.1, -0.05) is 34.1 Å². The number of anilines is 1. The van der Waals surface area contributed by atoms with Gasteiger partial charge < -0.3 is 29.3 Å². The Bertz CT molecular complexity index is 1230. The molecule has 0 radical (unpaired) electrons. The fourth-order valence-corrected chi connectivity index (χ4v) is 5.59. The highest BCUT2D eigenvalue weighted by molar-refractivity contribution is 9.10. The number of benzene rings is 2. The van der Waals surface area contributed by atoms with Crippen LogP contribution in [0.5, 0.6) is 11.5 Å². The topological polar surface area (TPSA) is 80.3 Å². The van der Waals surface area contributed by atoms with Crippen LogP contribution in [0.4, 0.5) is 10.5 Å². The lowest BCUT2D eigenvalue weighted by atomic mass is 10.1. The van der Waals surface area contributed by atoms with Crippen LogP contribution in [0.2, 0.25) is 0 Å². The number of nitrogens with zero attached hydrogens (tertiary/aromatic N) is 2. The number of halogens is 1. The van der Waals surface area contributed by atoms with E-state index in [1.807, 2.05) is 64.9 Å². The zero-order valence-electron chi connectivity index (χ0n) is 22.2. The summed E-state index contributed by atoms with van der Waals surface area (Å²) in [5.74, 6) is 1.19. The minimum absolute atomic E-state index is 0.0446. The van der Waals surface area contributed by atoms with Crippen LogP contribution in [-0.4, -0.2) is 68.3 Å². The number of carbonyl (C=O) groups is 2. The van der Waals surface area contributed by atoms with Crippen LogP contribution in [0.15, 0.2) is 64.5 Å². The molecular formula is C29H34BrN3O5S. The highest BCUT2D eigenvalue weighted by Crippen LogP contribution is 2.28. The Morgan fingerprint density at radius 3 is 2.62 bits per heavy atom. The first-order valence-electron chi connectivity index (χ1n) is 12.9. The third-order valence-electron chi connectivity index (χ3n) is 6.54. The minimum Gasteiger partial charge on any atom is -0.493 e. The maximum atomic E-state index is 13.7. The van der Waals surface area contributed by atoms with Crippen molar-refractivity contribution in [2.24, 2.45) is 0 Å². The number of hydrogen-bond donors (Lipinski definition) is 1. The number of urea groups is 1. The largest absolute Gasteiger partial charge is 0.493 e. The molecule has 8 nitrogen and oxygen atoms in total. The molecule has 1 saturated heterocycles. The maximum absolute atomic E-state index is 13.7. The van der Waals surface area contributed by atoms with Crippen LogP contribution >= 0.6 is 27.3 Å². The molecule has 1 aliphatic rings. The SMILES string of the molecule is COc1ccc(CCN(Cc2cccs2)C(=O)CN(CC2CCCO2)C(=O)Nc2cccc(Br)c2)cc1OC. The molecule has 1 aromatic heterocycles. The van der Waals surface area contributed by atoms with Crippen LogP contribution in [0.25, 0.3) is 0 Å². The molecule has 3 amide bonds. The molecule has 3 aromatic rings. The first-order chi connectivity index (χ1) is 18.9. The molecule has 0 saturated carbocycles. The monoisotopic (exact) mass is 615 g/mol. The number of rotatable bonds is 12. The second-order valence-corrected chi connectivity index (χ2v) is 11.2. The van der Waals surface area contributed by atoms with E-state index < -0.39 is 0 Å². The number of carbonyl (C=O) groups excluding carboxylic acids is 2. The van der Waals surface area contributed by atoms with Crippen molar-refractivity contribution < 1.29 is 23.8 Å². The molecule has 1 unspecified atom stereocenters. The molecule has 0 spiro atoms. The molecule has 1 N–H and O–H groups in total. The first-order valence-corrected chi connectivity index (χ1v) is 14.6. The predicted octanol–water partition coefficient (Wildman–Crippen LogP) is 5.81. The summed E-state index contributed by atoms with van der Waals surface area (Å²) in [6.07, 6.45) is 2.37. The predicted molar refractivity (Wildman–Crippen MR) is 157 cm³/mol. The molecule has 4 rings (SSSR count). The summed E-state index contributed by atoms with van der Waals surface area (Å²) < 4.78 is 17.5. The Balaban J connectivity index is 1.49. The zero-order valence-corrected chi connectivity index (χ0v) is 24.6. The Kier molecular flexibility index (Phi) is 10.6. The highest BCUT2D eigenvalue weighted by atomic mass is 79.9.